The van der Waals surface area contributed by atoms with Crippen LogP contribution in [0.2, 0.25) is 0 Å². The van der Waals surface area contributed by atoms with Crippen molar-refractivity contribution >= 4 is 6.03 Å². The number of urea groups is 1. The van der Waals surface area contributed by atoms with Crippen LogP contribution in [-0.4, -0.2) is 47.9 Å². The molecule has 1 heterocycles. The molecule has 3 atom stereocenters. The van der Waals surface area contributed by atoms with Crippen molar-refractivity contribution in [3.05, 3.63) is 35.4 Å². The van der Waals surface area contributed by atoms with Gasteiger partial charge in [-0.3, -0.25) is 0 Å². The number of nitrogens with zero attached hydrogens (tertiary/aromatic N) is 1. The van der Waals surface area contributed by atoms with E-state index in [-0.39, 0.29) is 30.8 Å². The van der Waals surface area contributed by atoms with Crippen LogP contribution in [-0.2, 0) is 11.2 Å². The fourth-order valence-electron chi connectivity index (χ4n) is 3.87. The number of aliphatic hydroxyl groups is 1. The number of fused-ring (bicyclic) bond motifs is 1. The standard InChI is InChI=1S/C19H28N2O3/c1-14(18-8-4-13-24-18)20-19(23)21(11-5-12-22)17-10-9-15-6-2-3-7-16(15)17/h2-3,6-7,14,17-18,22H,4-5,8-13H2,1H3,(H,20,23). The van der Waals surface area contributed by atoms with E-state index in [1.54, 1.807) is 0 Å². The number of rotatable bonds is 6. The Morgan fingerprint density at radius 3 is 3.00 bits per heavy atom. The molecule has 1 saturated heterocycles. The van der Waals surface area contributed by atoms with Gasteiger partial charge in [-0.1, -0.05) is 24.3 Å². The number of carbonyl (C=O) groups is 1. The zero-order valence-corrected chi connectivity index (χ0v) is 14.4. The second kappa shape index (κ2) is 7.99. The van der Waals surface area contributed by atoms with Crippen molar-refractivity contribution in [3.63, 3.8) is 0 Å². The summed E-state index contributed by atoms with van der Waals surface area (Å²) in [5.41, 5.74) is 2.58. The summed E-state index contributed by atoms with van der Waals surface area (Å²) in [4.78, 5) is 14.8. The average molecular weight is 332 g/mol. The van der Waals surface area contributed by atoms with Crippen LogP contribution in [0.3, 0.4) is 0 Å². The fourth-order valence-corrected chi connectivity index (χ4v) is 3.87. The lowest BCUT2D eigenvalue weighted by molar-refractivity contribution is 0.0812. The third-order valence-corrected chi connectivity index (χ3v) is 5.17. The molecule has 1 aliphatic carbocycles. The minimum atomic E-state index is -0.0480. The normalized spacial score (nSPS) is 23.8. The molecule has 0 saturated carbocycles. The van der Waals surface area contributed by atoms with Crippen LogP contribution in [0.1, 0.15) is 49.8 Å². The lowest BCUT2D eigenvalue weighted by Gasteiger charge is -2.32. The van der Waals surface area contributed by atoms with Gasteiger partial charge in [0.2, 0.25) is 0 Å². The number of nitrogens with one attached hydrogen (secondary N) is 1. The van der Waals surface area contributed by atoms with Crippen LogP contribution in [0, 0.1) is 0 Å². The van der Waals surface area contributed by atoms with Crippen molar-refractivity contribution in [2.75, 3.05) is 19.8 Å². The van der Waals surface area contributed by atoms with Crippen molar-refractivity contribution in [1.82, 2.24) is 10.2 Å². The van der Waals surface area contributed by atoms with Gasteiger partial charge in [0.05, 0.1) is 18.2 Å². The van der Waals surface area contributed by atoms with Crippen molar-refractivity contribution in [1.29, 1.82) is 0 Å². The predicted molar refractivity (Wildman–Crippen MR) is 92.9 cm³/mol. The first kappa shape index (κ1) is 17.2. The van der Waals surface area contributed by atoms with Crippen molar-refractivity contribution in [2.24, 2.45) is 0 Å². The molecule has 1 fully saturated rings. The molecule has 3 rings (SSSR count). The minimum Gasteiger partial charge on any atom is -0.396 e. The Hall–Kier alpha value is -1.59. The number of hydrogen-bond acceptors (Lipinski definition) is 3. The van der Waals surface area contributed by atoms with Crippen LogP contribution in [0.15, 0.2) is 24.3 Å². The maximum atomic E-state index is 12.9. The smallest absolute Gasteiger partial charge is 0.318 e. The zero-order valence-electron chi connectivity index (χ0n) is 14.4. The molecule has 2 amide bonds. The molecule has 0 bridgehead atoms. The highest BCUT2D eigenvalue weighted by molar-refractivity contribution is 5.75. The van der Waals surface area contributed by atoms with Crippen molar-refractivity contribution in [2.45, 2.75) is 57.2 Å². The molecule has 0 radical (unpaired) electrons. The van der Waals surface area contributed by atoms with Crippen LogP contribution in [0.4, 0.5) is 4.79 Å². The summed E-state index contributed by atoms with van der Waals surface area (Å²) in [5.74, 6) is 0. The number of aliphatic hydroxyl groups excluding tert-OH is 1. The molecule has 2 aliphatic rings. The molecule has 1 aliphatic heterocycles. The SMILES string of the molecule is CC(NC(=O)N(CCCO)C1CCc2ccccc21)C1CCCO1. The summed E-state index contributed by atoms with van der Waals surface area (Å²) in [5, 5.41) is 12.3. The largest absolute Gasteiger partial charge is 0.396 e. The zero-order chi connectivity index (χ0) is 16.9. The first-order valence-corrected chi connectivity index (χ1v) is 9.08. The Balaban J connectivity index is 1.70. The van der Waals surface area contributed by atoms with Crippen LogP contribution in [0.25, 0.3) is 0 Å². The average Bonchev–Trinajstić information content (AvgIpc) is 3.25. The molecule has 3 unspecified atom stereocenters. The number of benzene rings is 1. The second-order valence-electron chi connectivity index (χ2n) is 6.81. The van der Waals surface area contributed by atoms with Gasteiger partial charge in [-0.15, -0.1) is 0 Å². The number of hydrogen-bond donors (Lipinski definition) is 2. The van der Waals surface area contributed by atoms with Gasteiger partial charge in [0, 0.05) is 19.8 Å². The number of aryl methyl sites for hydroxylation is 1. The summed E-state index contributed by atoms with van der Waals surface area (Å²) in [7, 11) is 0. The van der Waals surface area contributed by atoms with E-state index >= 15 is 0 Å². The third kappa shape index (κ3) is 3.73. The summed E-state index contributed by atoms with van der Waals surface area (Å²) in [6, 6.07) is 8.42. The van der Waals surface area contributed by atoms with E-state index < -0.39 is 0 Å². The first-order chi connectivity index (χ1) is 11.7. The number of amides is 2. The van der Waals surface area contributed by atoms with E-state index in [0.717, 1.165) is 32.3 Å². The molecule has 0 spiro atoms. The molecule has 5 nitrogen and oxygen atoms in total. The summed E-state index contributed by atoms with van der Waals surface area (Å²) < 4.78 is 5.68. The number of carbonyl (C=O) groups excluding carboxylic acids is 1. The maximum Gasteiger partial charge on any atom is 0.318 e. The Labute approximate surface area is 144 Å². The molecular formula is C19H28N2O3. The highest BCUT2D eigenvalue weighted by Crippen LogP contribution is 2.35. The van der Waals surface area contributed by atoms with Gasteiger partial charge in [-0.2, -0.15) is 0 Å². The van der Waals surface area contributed by atoms with Gasteiger partial charge >= 0.3 is 6.03 Å². The van der Waals surface area contributed by atoms with Crippen LogP contribution < -0.4 is 5.32 Å². The highest BCUT2D eigenvalue weighted by atomic mass is 16.5. The van der Waals surface area contributed by atoms with Gasteiger partial charge in [0.15, 0.2) is 0 Å². The van der Waals surface area contributed by atoms with Gasteiger partial charge in [0.1, 0.15) is 0 Å². The summed E-state index contributed by atoms with van der Waals surface area (Å²) in [6.45, 7) is 3.47. The van der Waals surface area contributed by atoms with E-state index in [1.165, 1.54) is 11.1 Å². The van der Waals surface area contributed by atoms with Gasteiger partial charge in [0.25, 0.3) is 0 Å². The van der Waals surface area contributed by atoms with Crippen molar-refractivity contribution < 1.29 is 14.6 Å². The quantitative estimate of drug-likeness (QED) is 0.842. The lowest BCUT2D eigenvalue weighted by atomic mass is 10.1. The second-order valence-corrected chi connectivity index (χ2v) is 6.81. The van der Waals surface area contributed by atoms with Gasteiger partial charge < -0.3 is 20.1 Å². The minimum absolute atomic E-state index is 0.00766. The topological polar surface area (TPSA) is 61.8 Å². The van der Waals surface area contributed by atoms with E-state index in [9.17, 15) is 9.90 Å². The monoisotopic (exact) mass is 332 g/mol. The first-order valence-electron chi connectivity index (χ1n) is 9.08. The lowest BCUT2D eigenvalue weighted by Crippen LogP contribution is -2.49. The Bertz CT molecular complexity index is 557. The van der Waals surface area contributed by atoms with Crippen molar-refractivity contribution in [3.8, 4) is 0 Å². The van der Waals surface area contributed by atoms with Gasteiger partial charge in [-0.05, 0) is 50.2 Å². The van der Waals surface area contributed by atoms with E-state index in [0.29, 0.717) is 13.0 Å². The maximum absolute atomic E-state index is 12.9. The molecule has 0 aromatic heterocycles. The van der Waals surface area contributed by atoms with E-state index in [1.807, 2.05) is 17.9 Å². The van der Waals surface area contributed by atoms with Crippen LogP contribution >= 0.6 is 0 Å². The summed E-state index contributed by atoms with van der Waals surface area (Å²) in [6.07, 6.45) is 4.74. The highest BCUT2D eigenvalue weighted by Gasteiger charge is 2.32. The predicted octanol–water partition coefficient (Wildman–Crippen LogP) is 2.64. The molecule has 2 N–H and O–H groups in total. The third-order valence-electron chi connectivity index (χ3n) is 5.17. The Kier molecular flexibility index (Phi) is 5.74. The Morgan fingerprint density at radius 2 is 2.25 bits per heavy atom. The molecule has 24 heavy (non-hydrogen) atoms. The molecule has 132 valence electrons. The number of ether oxygens (including phenoxy) is 1. The molecular weight excluding hydrogens is 304 g/mol. The fraction of sp³-hybridized carbons (Fsp3) is 0.632. The molecule has 1 aromatic rings. The van der Waals surface area contributed by atoms with E-state index in [2.05, 4.69) is 23.5 Å². The van der Waals surface area contributed by atoms with Crippen LogP contribution in [0.5, 0.6) is 0 Å². The van der Waals surface area contributed by atoms with E-state index in [4.69, 9.17) is 4.74 Å². The molecule has 5 heteroatoms. The summed E-state index contributed by atoms with van der Waals surface area (Å²) >= 11 is 0. The molecule has 1 aromatic carbocycles. The Morgan fingerprint density at radius 1 is 1.42 bits per heavy atom. The van der Waals surface area contributed by atoms with Gasteiger partial charge in [-0.25, -0.2) is 4.79 Å².